The average molecular weight is 301 g/mol. The molecule has 0 bridgehead atoms. The molecule has 2 unspecified atom stereocenters. The van der Waals surface area contributed by atoms with E-state index in [0.29, 0.717) is 16.5 Å². The van der Waals surface area contributed by atoms with Crippen LogP contribution in [0.15, 0.2) is 0 Å². The molecule has 4 nitrogen and oxygen atoms in total. The molecule has 1 heterocycles. The molecule has 0 aliphatic heterocycles. The summed E-state index contributed by atoms with van der Waals surface area (Å²) < 4.78 is 0. The normalized spacial score (nSPS) is 19.6. The zero-order chi connectivity index (χ0) is 14.2. The fourth-order valence-corrected chi connectivity index (χ4v) is 3.78. The van der Waals surface area contributed by atoms with Crippen LogP contribution in [0.3, 0.4) is 0 Å². The summed E-state index contributed by atoms with van der Waals surface area (Å²) in [6.45, 7) is 3.78. The lowest BCUT2D eigenvalue weighted by Gasteiger charge is -2.18. The lowest BCUT2D eigenvalue weighted by Crippen LogP contribution is -2.23. The minimum atomic E-state index is -0.640. The first-order valence-electron chi connectivity index (χ1n) is 6.29. The van der Waals surface area contributed by atoms with Gasteiger partial charge in [0, 0.05) is 4.88 Å². The van der Waals surface area contributed by atoms with Gasteiger partial charge in [0.1, 0.15) is 10.4 Å². The number of hydrogen-bond acceptors (Lipinski definition) is 3. The van der Waals surface area contributed by atoms with Gasteiger partial charge in [-0.1, -0.05) is 6.92 Å². The Bertz CT molecular complexity index is 525. The highest BCUT2D eigenvalue weighted by molar-refractivity contribution is 7.17. The highest BCUT2D eigenvalue weighted by atomic mass is 35.5. The number of rotatable bonds is 3. The number of halogens is 1. The third-order valence-corrected chi connectivity index (χ3v) is 4.72. The predicted molar refractivity (Wildman–Crippen MR) is 78.0 cm³/mol. The second kappa shape index (κ2) is 5.51. The van der Waals surface area contributed by atoms with Crippen LogP contribution < -0.4 is 11.1 Å². The van der Waals surface area contributed by atoms with Crippen molar-refractivity contribution in [3.05, 3.63) is 16.0 Å². The standard InChI is InChI=1S/C13H17ClN2O2S/c1-6-3-4-8-9(5-6)19-13(10(8)11(15)17)16-12(18)7(2)14/h6-7H,3-5H2,1-2H3,(H2,15,17)(H,16,18). The monoisotopic (exact) mass is 300 g/mol. The van der Waals surface area contributed by atoms with Crippen LogP contribution in [0.5, 0.6) is 0 Å². The van der Waals surface area contributed by atoms with Gasteiger partial charge < -0.3 is 11.1 Å². The number of anilines is 1. The molecule has 6 heteroatoms. The van der Waals surface area contributed by atoms with Crippen molar-refractivity contribution < 1.29 is 9.59 Å². The maximum atomic E-state index is 11.7. The number of carbonyl (C=O) groups excluding carboxylic acids is 2. The lowest BCUT2D eigenvalue weighted by molar-refractivity contribution is -0.115. The van der Waals surface area contributed by atoms with E-state index in [1.165, 1.54) is 11.3 Å². The average Bonchev–Trinajstić information content (AvgIpc) is 2.65. The molecular weight excluding hydrogens is 284 g/mol. The Morgan fingerprint density at radius 1 is 1.53 bits per heavy atom. The van der Waals surface area contributed by atoms with E-state index in [1.54, 1.807) is 6.92 Å². The van der Waals surface area contributed by atoms with Crippen LogP contribution in [-0.4, -0.2) is 17.2 Å². The Morgan fingerprint density at radius 3 is 2.79 bits per heavy atom. The van der Waals surface area contributed by atoms with E-state index in [1.807, 2.05) is 0 Å². The number of fused-ring (bicyclic) bond motifs is 1. The summed E-state index contributed by atoms with van der Waals surface area (Å²) in [7, 11) is 0. The number of thiophene rings is 1. The molecule has 2 rings (SSSR count). The zero-order valence-corrected chi connectivity index (χ0v) is 12.5. The number of nitrogens with two attached hydrogens (primary N) is 1. The SMILES string of the molecule is CC1CCc2c(sc(NC(=O)C(C)Cl)c2C(N)=O)C1. The van der Waals surface area contributed by atoms with Crippen LogP contribution in [0.2, 0.25) is 0 Å². The predicted octanol–water partition coefficient (Wildman–Crippen LogP) is 2.54. The van der Waals surface area contributed by atoms with Crippen LogP contribution in [0.4, 0.5) is 5.00 Å². The van der Waals surface area contributed by atoms with Gasteiger partial charge in [0.15, 0.2) is 0 Å². The van der Waals surface area contributed by atoms with Gasteiger partial charge >= 0.3 is 0 Å². The molecule has 3 N–H and O–H groups in total. The molecule has 0 saturated carbocycles. The second-order valence-corrected chi connectivity index (χ2v) is 6.79. The Labute approximate surface area is 121 Å². The van der Waals surface area contributed by atoms with Gasteiger partial charge in [-0.3, -0.25) is 9.59 Å². The summed E-state index contributed by atoms with van der Waals surface area (Å²) in [4.78, 5) is 24.5. The van der Waals surface area contributed by atoms with E-state index in [0.717, 1.165) is 29.7 Å². The lowest BCUT2D eigenvalue weighted by atomic mass is 9.88. The number of carbonyl (C=O) groups is 2. The van der Waals surface area contributed by atoms with Crippen LogP contribution in [0, 0.1) is 5.92 Å². The molecule has 104 valence electrons. The van der Waals surface area contributed by atoms with Gasteiger partial charge in [0.05, 0.1) is 5.56 Å². The first-order chi connectivity index (χ1) is 8.90. The van der Waals surface area contributed by atoms with Crippen molar-refractivity contribution in [3.63, 3.8) is 0 Å². The Morgan fingerprint density at radius 2 is 2.21 bits per heavy atom. The number of alkyl halides is 1. The van der Waals surface area contributed by atoms with Crippen LogP contribution in [-0.2, 0) is 17.6 Å². The molecule has 1 aliphatic carbocycles. The Hall–Kier alpha value is -1.07. The van der Waals surface area contributed by atoms with Crippen molar-refractivity contribution in [1.29, 1.82) is 0 Å². The summed E-state index contributed by atoms with van der Waals surface area (Å²) >= 11 is 7.18. The van der Waals surface area contributed by atoms with E-state index in [2.05, 4.69) is 12.2 Å². The highest BCUT2D eigenvalue weighted by Gasteiger charge is 2.27. The largest absolute Gasteiger partial charge is 0.365 e. The maximum absolute atomic E-state index is 11.7. The molecular formula is C13H17ClN2O2S. The van der Waals surface area contributed by atoms with Crippen LogP contribution >= 0.6 is 22.9 Å². The summed E-state index contributed by atoms with van der Waals surface area (Å²) in [6.07, 6.45) is 2.83. The molecule has 1 aliphatic rings. The maximum Gasteiger partial charge on any atom is 0.251 e. The Kier molecular flexibility index (Phi) is 4.16. The summed E-state index contributed by atoms with van der Waals surface area (Å²) in [5.74, 6) is -0.192. The molecule has 0 spiro atoms. The van der Waals surface area contributed by atoms with Crippen LogP contribution in [0.25, 0.3) is 0 Å². The quantitative estimate of drug-likeness (QED) is 0.842. The first kappa shape index (κ1) is 14.3. The van der Waals surface area contributed by atoms with Gasteiger partial charge in [-0.2, -0.15) is 0 Å². The van der Waals surface area contributed by atoms with Gasteiger partial charge in [-0.05, 0) is 37.7 Å². The van der Waals surface area contributed by atoms with Crippen molar-refractivity contribution in [2.75, 3.05) is 5.32 Å². The second-order valence-electron chi connectivity index (χ2n) is 5.03. The van der Waals surface area contributed by atoms with Gasteiger partial charge in [-0.25, -0.2) is 0 Å². The fraction of sp³-hybridized carbons (Fsp3) is 0.538. The van der Waals surface area contributed by atoms with E-state index >= 15 is 0 Å². The minimum Gasteiger partial charge on any atom is -0.365 e. The van der Waals surface area contributed by atoms with Crippen molar-refractivity contribution in [1.82, 2.24) is 0 Å². The van der Waals surface area contributed by atoms with E-state index < -0.39 is 11.3 Å². The number of amides is 2. The van der Waals surface area contributed by atoms with E-state index in [-0.39, 0.29) is 5.91 Å². The molecule has 1 aromatic rings. The first-order valence-corrected chi connectivity index (χ1v) is 7.54. The van der Waals surface area contributed by atoms with Gasteiger partial charge in [-0.15, -0.1) is 22.9 Å². The smallest absolute Gasteiger partial charge is 0.251 e. The Balaban J connectivity index is 2.38. The molecule has 2 amide bonds. The molecule has 0 aromatic carbocycles. The number of nitrogens with one attached hydrogen (secondary N) is 1. The van der Waals surface area contributed by atoms with Gasteiger partial charge in [0.2, 0.25) is 5.91 Å². The number of hydrogen-bond donors (Lipinski definition) is 2. The van der Waals surface area contributed by atoms with Crippen molar-refractivity contribution in [2.45, 2.75) is 38.5 Å². The van der Waals surface area contributed by atoms with Crippen molar-refractivity contribution in [2.24, 2.45) is 11.7 Å². The molecule has 1 aromatic heterocycles. The van der Waals surface area contributed by atoms with Gasteiger partial charge in [0.25, 0.3) is 5.91 Å². The molecule has 0 saturated heterocycles. The topological polar surface area (TPSA) is 72.2 Å². The molecule has 2 atom stereocenters. The molecule has 0 radical (unpaired) electrons. The third-order valence-electron chi connectivity index (χ3n) is 3.36. The fourth-order valence-electron chi connectivity index (χ4n) is 2.31. The molecule has 19 heavy (non-hydrogen) atoms. The minimum absolute atomic E-state index is 0.309. The van der Waals surface area contributed by atoms with Crippen molar-refractivity contribution >= 4 is 39.8 Å². The number of primary amides is 1. The molecule has 0 fully saturated rings. The zero-order valence-electron chi connectivity index (χ0n) is 11.0. The van der Waals surface area contributed by atoms with Crippen molar-refractivity contribution in [3.8, 4) is 0 Å². The van der Waals surface area contributed by atoms with Crippen LogP contribution in [0.1, 0.15) is 41.1 Å². The highest BCUT2D eigenvalue weighted by Crippen LogP contribution is 2.39. The summed E-state index contributed by atoms with van der Waals surface area (Å²) in [6, 6.07) is 0. The summed E-state index contributed by atoms with van der Waals surface area (Å²) in [5, 5.41) is 2.62. The van der Waals surface area contributed by atoms with E-state index in [9.17, 15) is 9.59 Å². The third kappa shape index (κ3) is 2.92. The van der Waals surface area contributed by atoms with E-state index in [4.69, 9.17) is 17.3 Å². The summed E-state index contributed by atoms with van der Waals surface area (Å²) in [5.41, 5.74) is 6.93.